The number of methoxy groups -OCH3 is 2. The Morgan fingerprint density at radius 3 is 2.33 bits per heavy atom. The van der Waals surface area contributed by atoms with E-state index in [2.05, 4.69) is 10.7 Å². The number of rotatable bonds is 11. The molecule has 224 valence electrons. The fourth-order valence-electron chi connectivity index (χ4n) is 3.78. The van der Waals surface area contributed by atoms with Crippen molar-refractivity contribution >= 4 is 29.8 Å². The third kappa shape index (κ3) is 9.75. The van der Waals surface area contributed by atoms with Gasteiger partial charge in [0.25, 0.3) is 12.2 Å². The molecule has 1 aliphatic rings. The first-order valence-corrected chi connectivity index (χ1v) is 12.2. The van der Waals surface area contributed by atoms with Crippen molar-refractivity contribution in [1.29, 1.82) is 0 Å². The number of nitrogens with zero attached hydrogens (tertiary/aromatic N) is 2. The summed E-state index contributed by atoms with van der Waals surface area (Å²) in [6, 6.07) is 9.84. The van der Waals surface area contributed by atoms with E-state index in [0.29, 0.717) is 11.3 Å². The maximum Gasteiger partial charge on any atom is 0.335 e. The van der Waals surface area contributed by atoms with Crippen LogP contribution < -0.4 is 9.47 Å². The summed E-state index contributed by atoms with van der Waals surface area (Å²) in [7, 11) is 2.69. The molecule has 15 nitrogen and oxygen atoms in total. The fourth-order valence-corrected chi connectivity index (χ4v) is 3.78. The highest BCUT2D eigenvalue weighted by molar-refractivity contribution is 5.75. The number of ether oxygens (including phenoxy) is 6. The molecular formula is C27H28N2O13. The van der Waals surface area contributed by atoms with Crippen molar-refractivity contribution in [3.8, 4) is 23.8 Å². The zero-order valence-corrected chi connectivity index (χ0v) is 22.8. The summed E-state index contributed by atoms with van der Waals surface area (Å²) >= 11 is 0. The molecule has 1 heterocycles. The van der Waals surface area contributed by atoms with Gasteiger partial charge in [0.1, 0.15) is 18.0 Å². The van der Waals surface area contributed by atoms with E-state index >= 15 is 0 Å². The molecule has 1 fully saturated rings. The Morgan fingerprint density at radius 1 is 1.12 bits per heavy atom. The molecule has 0 aromatic heterocycles. The van der Waals surface area contributed by atoms with Crippen molar-refractivity contribution in [3.63, 3.8) is 0 Å². The lowest BCUT2D eigenvalue weighted by molar-refractivity contribution is -0.386. The van der Waals surface area contributed by atoms with Crippen LogP contribution in [-0.2, 0) is 33.3 Å². The Bertz CT molecular complexity index is 1310. The van der Waals surface area contributed by atoms with Crippen molar-refractivity contribution < 1.29 is 52.7 Å². The number of hydrogen-bond donors (Lipinski definition) is 0. The highest BCUT2D eigenvalue weighted by Crippen LogP contribution is 2.35. The molecule has 0 saturated carbocycles. The summed E-state index contributed by atoms with van der Waals surface area (Å²) in [6.45, 7) is 1.42. The lowest BCUT2D eigenvalue weighted by atomic mass is 10.0. The third-order valence-electron chi connectivity index (χ3n) is 5.66. The maximum atomic E-state index is 11.9. The first-order chi connectivity index (χ1) is 20.0. The van der Waals surface area contributed by atoms with E-state index in [0.717, 1.165) is 0 Å². The lowest BCUT2D eigenvalue weighted by Gasteiger charge is -2.33. The molecule has 0 amide bonds. The summed E-state index contributed by atoms with van der Waals surface area (Å²) in [5, 5.41) is 21.7. The molecule has 0 N–H and O–H groups in total. The van der Waals surface area contributed by atoms with Gasteiger partial charge in [-0.2, -0.15) is 0 Å². The molecule has 1 aliphatic heterocycles. The van der Waals surface area contributed by atoms with Crippen LogP contribution in [0.25, 0.3) is 0 Å². The molecule has 42 heavy (non-hydrogen) atoms. The fraction of sp³-hybridized carbons (Fsp3) is 0.370. The Kier molecular flexibility index (Phi) is 12.7. The average molecular weight is 589 g/mol. The molecule has 0 radical (unpaired) electrons. The standard InChI is InChI=1S/C20H21NO10.C7H7NO3/c1-4-5-16(28-11-22)13-6-7-17(15(8-13)21(25)26)30-19-10-14(29-12(2)23)9-18(31-19)20(24)27-3;1-11-7-4-2-6(3-5-7)8(9)10/h1,6-8,11,14,16,18-19H,5,9-10H2,2-3H3;2-5H,1H3. The van der Waals surface area contributed by atoms with Crippen LogP contribution >= 0.6 is 0 Å². The van der Waals surface area contributed by atoms with Crippen molar-refractivity contribution in [3.05, 3.63) is 68.3 Å². The van der Waals surface area contributed by atoms with Crippen molar-refractivity contribution in [2.24, 2.45) is 0 Å². The van der Waals surface area contributed by atoms with Crippen LogP contribution in [-0.4, -0.2) is 61.0 Å². The summed E-state index contributed by atoms with van der Waals surface area (Å²) < 4.78 is 30.7. The Balaban J connectivity index is 0.000000468. The minimum atomic E-state index is -1.13. The van der Waals surface area contributed by atoms with Gasteiger partial charge >= 0.3 is 17.6 Å². The number of nitro benzene ring substituents is 2. The minimum Gasteiger partial charge on any atom is -0.497 e. The van der Waals surface area contributed by atoms with Gasteiger partial charge in [-0.25, -0.2) is 4.79 Å². The highest BCUT2D eigenvalue weighted by Gasteiger charge is 2.38. The zero-order chi connectivity index (χ0) is 31.2. The van der Waals surface area contributed by atoms with Gasteiger partial charge in [0, 0.05) is 43.5 Å². The molecule has 3 rings (SSSR count). The average Bonchev–Trinajstić information content (AvgIpc) is 2.96. The van der Waals surface area contributed by atoms with Crippen LogP contribution in [0.5, 0.6) is 11.5 Å². The molecule has 2 aromatic rings. The van der Waals surface area contributed by atoms with E-state index in [1.165, 1.54) is 51.5 Å². The number of non-ortho nitro benzene ring substituents is 1. The van der Waals surface area contributed by atoms with Gasteiger partial charge in [-0.05, 0) is 18.2 Å². The number of benzene rings is 2. The minimum absolute atomic E-state index is 0.0205. The SMILES string of the molecule is C#CCC(OC=O)c1ccc(OC2CC(OC(C)=O)CC(C(=O)OC)O2)c([N+](=O)[O-])c1.COc1ccc([N+](=O)[O-])cc1. The first-order valence-electron chi connectivity index (χ1n) is 12.2. The summed E-state index contributed by atoms with van der Waals surface area (Å²) in [6.07, 6.45) is 1.60. The van der Waals surface area contributed by atoms with Gasteiger partial charge in [0.05, 0.1) is 30.5 Å². The Morgan fingerprint density at radius 2 is 1.81 bits per heavy atom. The molecule has 0 aliphatic carbocycles. The van der Waals surface area contributed by atoms with Gasteiger partial charge in [-0.3, -0.25) is 29.8 Å². The monoisotopic (exact) mass is 588 g/mol. The summed E-state index contributed by atoms with van der Waals surface area (Å²) in [5.74, 6) is 1.54. The molecule has 0 spiro atoms. The van der Waals surface area contributed by atoms with Gasteiger partial charge in [0.15, 0.2) is 11.9 Å². The number of terminal acetylenes is 1. The number of hydrogen-bond acceptors (Lipinski definition) is 13. The van der Waals surface area contributed by atoms with Crippen LogP contribution in [0.2, 0.25) is 0 Å². The van der Waals surface area contributed by atoms with E-state index in [1.54, 1.807) is 12.1 Å². The van der Waals surface area contributed by atoms with E-state index in [4.69, 9.17) is 30.1 Å². The lowest BCUT2D eigenvalue weighted by Crippen LogP contribution is -2.44. The van der Waals surface area contributed by atoms with Crippen molar-refractivity contribution in [2.45, 2.75) is 50.8 Å². The van der Waals surface area contributed by atoms with Crippen LogP contribution in [0, 0.1) is 32.6 Å². The van der Waals surface area contributed by atoms with Crippen molar-refractivity contribution in [1.82, 2.24) is 0 Å². The van der Waals surface area contributed by atoms with E-state index in [-0.39, 0.29) is 37.2 Å². The second-order valence-corrected chi connectivity index (χ2v) is 8.47. The second kappa shape index (κ2) is 16.1. The summed E-state index contributed by atoms with van der Waals surface area (Å²) in [4.78, 5) is 54.5. The van der Waals surface area contributed by atoms with Crippen LogP contribution in [0.1, 0.15) is 37.9 Å². The van der Waals surface area contributed by atoms with Gasteiger partial charge in [0.2, 0.25) is 6.29 Å². The van der Waals surface area contributed by atoms with Crippen LogP contribution in [0.3, 0.4) is 0 Å². The van der Waals surface area contributed by atoms with Gasteiger partial charge in [-0.15, -0.1) is 12.3 Å². The predicted molar refractivity (Wildman–Crippen MR) is 142 cm³/mol. The molecule has 2 aromatic carbocycles. The molecule has 4 atom stereocenters. The molecule has 0 bridgehead atoms. The number of nitro groups is 2. The van der Waals surface area contributed by atoms with Gasteiger partial charge < -0.3 is 28.4 Å². The first kappa shape index (κ1) is 33.0. The zero-order valence-electron chi connectivity index (χ0n) is 22.8. The molecule has 4 unspecified atom stereocenters. The van der Waals surface area contributed by atoms with Crippen LogP contribution in [0.15, 0.2) is 42.5 Å². The van der Waals surface area contributed by atoms with Crippen LogP contribution in [0.4, 0.5) is 11.4 Å². The third-order valence-corrected chi connectivity index (χ3v) is 5.66. The number of carbonyl (C=O) groups is 3. The highest BCUT2D eigenvalue weighted by atomic mass is 16.7. The smallest absolute Gasteiger partial charge is 0.335 e. The predicted octanol–water partition coefficient (Wildman–Crippen LogP) is 3.42. The maximum absolute atomic E-state index is 11.9. The molecule has 1 saturated heterocycles. The number of carbonyl (C=O) groups excluding carboxylic acids is 3. The molecule has 15 heteroatoms. The van der Waals surface area contributed by atoms with E-state index < -0.39 is 52.1 Å². The van der Waals surface area contributed by atoms with Gasteiger partial charge in [-0.1, -0.05) is 6.07 Å². The topological polar surface area (TPSA) is 193 Å². The largest absolute Gasteiger partial charge is 0.497 e. The second-order valence-electron chi connectivity index (χ2n) is 8.47. The Hall–Kier alpha value is -5.23. The Labute approximate surface area is 239 Å². The molecular weight excluding hydrogens is 560 g/mol. The quantitative estimate of drug-likeness (QED) is 0.0926. The number of esters is 2. The van der Waals surface area contributed by atoms with Crippen molar-refractivity contribution in [2.75, 3.05) is 14.2 Å². The normalized spacial score (nSPS) is 18.0. The van der Waals surface area contributed by atoms with E-state index in [1.807, 2.05) is 0 Å². The van der Waals surface area contributed by atoms with E-state index in [9.17, 15) is 34.6 Å². The summed E-state index contributed by atoms with van der Waals surface area (Å²) in [5.41, 5.74) is -0.0495.